The Hall–Kier alpha value is -6.10. The number of alkyl carbamates (subject to hydrolysis) is 2. The van der Waals surface area contributed by atoms with Gasteiger partial charge in [0.15, 0.2) is 0 Å². The number of aromatic amines is 2. The van der Waals surface area contributed by atoms with Crippen LogP contribution in [0.4, 0.5) is 9.59 Å². The molecule has 17 nitrogen and oxygen atoms in total. The van der Waals surface area contributed by atoms with Crippen LogP contribution >= 0.6 is 0 Å². The van der Waals surface area contributed by atoms with Gasteiger partial charge in [-0.2, -0.15) is 0 Å². The van der Waals surface area contributed by atoms with Gasteiger partial charge < -0.3 is 54.1 Å². The zero-order valence-corrected chi connectivity index (χ0v) is 36.5. The number of imidazole rings is 2. The normalized spacial score (nSPS) is 20.9. The van der Waals surface area contributed by atoms with Gasteiger partial charge in [0.05, 0.1) is 56.7 Å². The minimum absolute atomic E-state index is 0.0337. The fraction of sp³-hybridized carbons (Fsp3) is 0.511. The van der Waals surface area contributed by atoms with E-state index in [4.69, 9.17) is 33.7 Å². The first-order chi connectivity index (χ1) is 29.8. The number of nitrogens with zero attached hydrogens (tertiary/aromatic N) is 4. The molecule has 8 rings (SSSR count). The van der Waals surface area contributed by atoms with Crippen molar-refractivity contribution in [2.24, 2.45) is 17.8 Å². The third kappa shape index (κ3) is 7.93. The van der Waals surface area contributed by atoms with Crippen molar-refractivity contribution >= 4 is 24.0 Å². The fourth-order valence-electron chi connectivity index (χ4n) is 9.44. The van der Waals surface area contributed by atoms with Crippen molar-refractivity contribution in [3.63, 3.8) is 0 Å². The molecule has 0 aliphatic carbocycles. The number of nitrogens with one attached hydrogen (secondary N) is 4. The minimum Gasteiger partial charge on any atom is -0.488 e. The lowest BCUT2D eigenvalue weighted by molar-refractivity contribution is -0.137. The fourth-order valence-corrected chi connectivity index (χ4v) is 9.44. The van der Waals surface area contributed by atoms with E-state index in [1.807, 2.05) is 51.7 Å². The second kappa shape index (κ2) is 17.3. The van der Waals surface area contributed by atoms with Gasteiger partial charge >= 0.3 is 12.2 Å². The molecule has 0 radical (unpaired) electrons. The second-order valence-electron chi connectivity index (χ2n) is 17.4. The molecule has 0 saturated carbocycles. The molecule has 0 spiro atoms. The van der Waals surface area contributed by atoms with Gasteiger partial charge in [-0.3, -0.25) is 9.59 Å². The molecule has 2 unspecified atom stereocenters. The van der Waals surface area contributed by atoms with Crippen molar-refractivity contribution in [3.05, 3.63) is 59.4 Å². The van der Waals surface area contributed by atoms with Crippen LogP contribution in [-0.2, 0) is 37.0 Å². The quantitative estimate of drug-likeness (QED) is 0.125. The van der Waals surface area contributed by atoms with Crippen molar-refractivity contribution < 1.29 is 42.9 Å². The summed E-state index contributed by atoms with van der Waals surface area (Å²) in [4.78, 5) is 72.4. The molecule has 4 aliphatic rings. The van der Waals surface area contributed by atoms with Gasteiger partial charge in [-0.25, -0.2) is 19.6 Å². The number of benzene rings is 2. The molecule has 4 N–H and O–H groups in total. The Balaban J connectivity index is 1.03. The van der Waals surface area contributed by atoms with E-state index >= 15 is 0 Å². The SMILES string of the molecule is COCC1C[C@@H](c2ncc(-c3cc4c5c(c3)OCc3cc(-c6cnc([C@@H]7CC[C@H](C)N7C(=O)C(NC(=O)OC)C(C)C)[nH]6)cc(c3-5)OC4)[nH]2)N(C(=O)[C@@H](NC(=O)OC)C(C)C)C1. The zero-order chi connectivity index (χ0) is 44.0. The van der Waals surface area contributed by atoms with Crippen molar-refractivity contribution in [1.82, 2.24) is 40.4 Å². The highest BCUT2D eigenvalue weighted by atomic mass is 16.5. The lowest BCUT2D eigenvalue weighted by Gasteiger charge is -2.33. The van der Waals surface area contributed by atoms with E-state index in [0.29, 0.717) is 44.4 Å². The Bertz CT molecular complexity index is 2310. The predicted molar refractivity (Wildman–Crippen MR) is 227 cm³/mol. The highest BCUT2D eigenvalue weighted by molar-refractivity contribution is 5.89. The summed E-state index contributed by atoms with van der Waals surface area (Å²) in [5.41, 5.74) is 7.28. The molecule has 2 saturated heterocycles. The van der Waals surface area contributed by atoms with E-state index in [0.717, 1.165) is 69.1 Å². The average Bonchev–Trinajstić information content (AvgIpc) is 4.09. The molecule has 4 aromatic rings. The number of hydrogen-bond donors (Lipinski definition) is 4. The van der Waals surface area contributed by atoms with Crippen LogP contribution in [0.3, 0.4) is 0 Å². The molecule has 4 aliphatic heterocycles. The Morgan fingerprint density at radius 3 is 1.77 bits per heavy atom. The highest BCUT2D eigenvalue weighted by Crippen LogP contribution is 2.51. The summed E-state index contributed by atoms with van der Waals surface area (Å²) in [7, 11) is 4.22. The average molecular weight is 853 g/mol. The topological polar surface area (TPSA) is 202 Å². The molecule has 330 valence electrons. The van der Waals surface area contributed by atoms with Crippen LogP contribution in [0.15, 0.2) is 36.7 Å². The molecule has 62 heavy (non-hydrogen) atoms. The van der Waals surface area contributed by atoms with Crippen LogP contribution in [0.1, 0.15) is 88.7 Å². The Kier molecular flexibility index (Phi) is 11.9. The van der Waals surface area contributed by atoms with Crippen molar-refractivity contribution in [2.75, 3.05) is 34.5 Å². The van der Waals surface area contributed by atoms with Gasteiger partial charge in [0.2, 0.25) is 11.8 Å². The van der Waals surface area contributed by atoms with E-state index in [1.165, 1.54) is 14.2 Å². The lowest BCUT2D eigenvalue weighted by Crippen LogP contribution is -2.52. The molecular weight excluding hydrogens is 797 g/mol. The number of carbonyl (C=O) groups excluding carboxylic acids is 4. The number of rotatable bonds is 12. The monoisotopic (exact) mass is 852 g/mol. The van der Waals surface area contributed by atoms with Crippen LogP contribution in [0, 0.1) is 17.8 Å². The van der Waals surface area contributed by atoms with Gasteiger partial charge in [0, 0.05) is 59.0 Å². The molecule has 0 bridgehead atoms. The number of methoxy groups -OCH3 is 3. The Morgan fingerprint density at radius 2 is 1.27 bits per heavy atom. The molecule has 2 fully saturated rings. The van der Waals surface area contributed by atoms with Gasteiger partial charge in [-0.1, -0.05) is 27.7 Å². The number of H-pyrrole nitrogens is 2. The number of hydrogen-bond acceptors (Lipinski definition) is 11. The van der Waals surface area contributed by atoms with E-state index in [9.17, 15) is 19.2 Å². The number of carbonyl (C=O) groups is 4. The molecule has 4 amide bonds. The van der Waals surface area contributed by atoms with Crippen LogP contribution in [0.2, 0.25) is 0 Å². The molecular formula is C45H56N8O9. The number of likely N-dealkylation sites (tertiary alicyclic amines) is 2. The van der Waals surface area contributed by atoms with E-state index in [-0.39, 0.29) is 47.7 Å². The Morgan fingerprint density at radius 1 is 0.758 bits per heavy atom. The van der Waals surface area contributed by atoms with Crippen LogP contribution in [0.5, 0.6) is 11.5 Å². The zero-order valence-electron chi connectivity index (χ0n) is 36.5. The maximum atomic E-state index is 14.0. The number of aromatic nitrogens is 4. The predicted octanol–water partition coefficient (Wildman–Crippen LogP) is 6.27. The number of ether oxygens (including phenoxy) is 5. The van der Waals surface area contributed by atoms with Gasteiger partial charge in [0.25, 0.3) is 0 Å². The summed E-state index contributed by atoms with van der Waals surface area (Å²) < 4.78 is 28.0. The largest absolute Gasteiger partial charge is 0.488 e. The van der Waals surface area contributed by atoms with Gasteiger partial charge in [0.1, 0.15) is 48.4 Å². The summed E-state index contributed by atoms with van der Waals surface area (Å²) in [6, 6.07) is 6.06. The Labute approximate surface area is 360 Å². The molecule has 2 aromatic carbocycles. The second-order valence-corrected chi connectivity index (χ2v) is 17.4. The maximum Gasteiger partial charge on any atom is 0.407 e. The number of amides is 4. The van der Waals surface area contributed by atoms with Crippen molar-refractivity contribution in [2.45, 2.75) is 97.3 Å². The van der Waals surface area contributed by atoms with Crippen LogP contribution < -0.4 is 20.1 Å². The molecule has 2 aromatic heterocycles. The first-order valence-corrected chi connectivity index (χ1v) is 21.3. The molecule has 6 atom stereocenters. The third-order valence-electron chi connectivity index (χ3n) is 12.6. The highest BCUT2D eigenvalue weighted by Gasteiger charge is 2.43. The van der Waals surface area contributed by atoms with Crippen LogP contribution in [-0.4, -0.2) is 106 Å². The summed E-state index contributed by atoms with van der Waals surface area (Å²) >= 11 is 0. The van der Waals surface area contributed by atoms with Gasteiger partial charge in [-0.05, 0) is 62.3 Å². The van der Waals surface area contributed by atoms with Crippen molar-refractivity contribution in [3.8, 4) is 45.1 Å². The van der Waals surface area contributed by atoms with E-state index < -0.39 is 24.3 Å². The van der Waals surface area contributed by atoms with Crippen molar-refractivity contribution in [1.29, 1.82) is 0 Å². The molecule has 17 heteroatoms. The van der Waals surface area contributed by atoms with E-state index in [1.54, 1.807) is 24.4 Å². The standard InChI is InChI=1S/C45H56N8O9/c1-22(2)38(50-44(56)59-7)42(54)52-18-25(19-58-6)11-33(52)41-47-17-31(49-41)27-13-29-21-61-34-14-26(12-28-20-62-35(15-27)37(29)36(28)34)30-16-46-40(48-30)32-10-9-24(5)53(32)43(55)39(23(3)4)51-45(57)60-8/h12-17,22-25,32-33,38-39H,9-11,18-21H2,1-8H3,(H,46,48)(H,47,49)(H,50,56)(H,51,57)/t24-,25?,32-,33-,38-,39?/m0/s1. The first kappa shape index (κ1) is 42.6. The van der Waals surface area contributed by atoms with Gasteiger partial charge in [-0.15, -0.1) is 0 Å². The summed E-state index contributed by atoms with van der Waals surface area (Å²) in [6.07, 6.45) is 4.46. The van der Waals surface area contributed by atoms with Crippen LogP contribution in [0.25, 0.3) is 33.6 Å². The summed E-state index contributed by atoms with van der Waals surface area (Å²) in [5, 5.41) is 5.44. The summed E-state index contributed by atoms with van der Waals surface area (Å²) in [6.45, 7) is 11.2. The summed E-state index contributed by atoms with van der Waals surface area (Å²) in [5.74, 6) is 2.25. The first-order valence-electron chi connectivity index (χ1n) is 21.3. The minimum atomic E-state index is -0.765. The molecule has 6 heterocycles. The van der Waals surface area contributed by atoms with E-state index in [2.05, 4.69) is 32.7 Å². The smallest absolute Gasteiger partial charge is 0.407 e. The lowest BCUT2D eigenvalue weighted by atomic mass is 9.87. The maximum absolute atomic E-state index is 14.0. The third-order valence-corrected chi connectivity index (χ3v) is 12.6.